The molecule has 2 saturated heterocycles. The first-order valence-electron chi connectivity index (χ1n) is 12.5. The highest BCUT2D eigenvalue weighted by Crippen LogP contribution is 2.30. The van der Waals surface area contributed by atoms with E-state index >= 15 is 0 Å². The first-order chi connectivity index (χ1) is 17.9. The zero-order valence-corrected chi connectivity index (χ0v) is 20.7. The molecule has 9 heteroatoms. The molecule has 0 aliphatic carbocycles. The van der Waals surface area contributed by atoms with Crippen molar-refractivity contribution in [2.45, 2.75) is 25.6 Å². The van der Waals surface area contributed by atoms with Crippen molar-refractivity contribution in [3.05, 3.63) is 93.8 Å². The smallest absolute Gasteiger partial charge is 0.320 e. The fourth-order valence-electron chi connectivity index (χ4n) is 4.98. The summed E-state index contributed by atoms with van der Waals surface area (Å²) in [6, 6.07) is 15.8. The number of carbonyl (C=O) groups is 1. The third kappa shape index (κ3) is 5.57. The number of amides is 2. The number of hydrogen-bond donors (Lipinski definition) is 1. The molecule has 0 radical (unpaired) electrons. The van der Waals surface area contributed by atoms with Crippen LogP contribution in [0.1, 0.15) is 24.1 Å². The van der Waals surface area contributed by atoms with Gasteiger partial charge in [0.1, 0.15) is 11.6 Å². The van der Waals surface area contributed by atoms with Crippen LogP contribution in [0.25, 0.3) is 11.3 Å². The molecular weight excluding hydrogens is 478 g/mol. The molecule has 1 aromatic heterocycles. The van der Waals surface area contributed by atoms with Crippen molar-refractivity contribution in [3.8, 4) is 11.3 Å². The van der Waals surface area contributed by atoms with Crippen LogP contribution in [0.4, 0.5) is 13.6 Å². The van der Waals surface area contributed by atoms with Crippen LogP contribution in [-0.4, -0.2) is 71.1 Å². The van der Waals surface area contributed by atoms with Gasteiger partial charge < -0.3 is 19.5 Å². The van der Waals surface area contributed by atoms with E-state index in [1.54, 1.807) is 9.80 Å². The normalized spacial score (nSPS) is 20.7. The summed E-state index contributed by atoms with van der Waals surface area (Å²) in [4.78, 5) is 34.6. The molecular formula is C28H30F2N4O3. The lowest BCUT2D eigenvalue weighted by Crippen LogP contribution is -2.56. The Labute approximate surface area is 214 Å². The summed E-state index contributed by atoms with van der Waals surface area (Å²) in [5.41, 5.74) is 2.39. The number of H-pyrrole nitrogens is 1. The largest absolute Gasteiger partial charge is 0.374 e. The molecule has 0 saturated carbocycles. The van der Waals surface area contributed by atoms with Gasteiger partial charge in [-0.1, -0.05) is 36.4 Å². The zero-order valence-electron chi connectivity index (χ0n) is 20.7. The van der Waals surface area contributed by atoms with E-state index in [-0.39, 0.29) is 29.9 Å². The highest BCUT2D eigenvalue weighted by atomic mass is 19.1. The molecule has 0 spiro atoms. The number of nitrogens with one attached hydrogen (secondary N) is 1. The molecule has 5 rings (SSSR count). The van der Waals surface area contributed by atoms with Gasteiger partial charge in [0.2, 0.25) is 0 Å². The van der Waals surface area contributed by atoms with Gasteiger partial charge in [-0.2, -0.15) is 0 Å². The number of aromatic amines is 1. The zero-order chi connectivity index (χ0) is 25.9. The number of aromatic nitrogens is 1. The van der Waals surface area contributed by atoms with Crippen molar-refractivity contribution in [2.75, 3.05) is 39.3 Å². The Morgan fingerprint density at radius 2 is 1.78 bits per heavy atom. The monoisotopic (exact) mass is 508 g/mol. The van der Waals surface area contributed by atoms with Crippen molar-refractivity contribution in [1.82, 2.24) is 19.7 Å². The Balaban J connectivity index is 1.23. The molecule has 2 atom stereocenters. The summed E-state index contributed by atoms with van der Waals surface area (Å²) in [6.45, 7) is 4.90. The van der Waals surface area contributed by atoms with Crippen molar-refractivity contribution in [2.24, 2.45) is 0 Å². The summed E-state index contributed by atoms with van der Waals surface area (Å²) in [5.74, 6) is -1.11. The third-order valence-electron chi connectivity index (χ3n) is 7.04. The maximum absolute atomic E-state index is 14.5. The van der Waals surface area contributed by atoms with Gasteiger partial charge in [-0.3, -0.25) is 9.69 Å². The fourth-order valence-corrected chi connectivity index (χ4v) is 4.98. The lowest BCUT2D eigenvalue weighted by molar-refractivity contribution is -0.0461. The van der Waals surface area contributed by atoms with Crippen molar-refractivity contribution in [1.29, 1.82) is 0 Å². The van der Waals surface area contributed by atoms with E-state index < -0.39 is 17.7 Å². The van der Waals surface area contributed by atoms with Gasteiger partial charge in [-0.05, 0) is 36.8 Å². The van der Waals surface area contributed by atoms with Crippen LogP contribution in [0, 0.1) is 11.6 Å². The highest BCUT2D eigenvalue weighted by molar-refractivity contribution is 5.75. The summed E-state index contributed by atoms with van der Waals surface area (Å²) in [7, 11) is 0. The van der Waals surface area contributed by atoms with E-state index in [0.717, 1.165) is 29.5 Å². The second kappa shape index (κ2) is 10.8. The first kappa shape index (κ1) is 25.1. The molecule has 2 aromatic carbocycles. The number of urea groups is 1. The first-order valence-corrected chi connectivity index (χ1v) is 12.5. The molecule has 2 aliphatic heterocycles. The van der Waals surface area contributed by atoms with Gasteiger partial charge in [-0.25, -0.2) is 13.6 Å². The van der Waals surface area contributed by atoms with Gasteiger partial charge in [0.05, 0.1) is 18.8 Å². The number of pyridine rings is 1. The van der Waals surface area contributed by atoms with Crippen LogP contribution in [0.2, 0.25) is 0 Å². The maximum Gasteiger partial charge on any atom is 0.320 e. The summed E-state index contributed by atoms with van der Waals surface area (Å²) >= 11 is 0. The number of hydrogen-bond acceptors (Lipinski definition) is 4. The van der Waals surface area contributed by atoms with Crippen molar-refractivity contribution < 1.29 is 18.3 Å². The lowest BCUT2D eigenvalue weighted by Gasteiger charge is -2.43. The van der Waals surface area contributed by atoms with Gasteiger partial charge in [0, 0.05) is 56.1 Å². The number of rotatable bonds is 4. The van der Waals surface area contributed by atoms with Gasteiger partial charge >= 0.3 is 6.03 Å². The van der Waals surface area contributed by atoms with Crippen LogP contribution in [0.5, 0.6) is 0 Å². The van der Waals surface area contributed by atoms with E-state index in [2.05, 4.69) is 9.88 Å². The predicted molar refractivity (Wildman–Crippen MR) is 136 cm³/mol. The number of benzene rings is 2. The Bertz CT molecular complexity index is 1310. The second-order valence-electron chi connectivity index (χ2n) is 9.62. The van der Waals surface area contributed by atoms with Crippen molar-refractivity contribution in [3.63, 3.8) is 0 Å². The van der Waals surface area contributed by atoms with E-state index in [9.17, 15) is 18.4 Å². The minimum atomic E-state index is -0.695. The average molecular weight is 509 g/mol. The number of halogens is 2. The topological polar surface area (TPSA) is 68.9 Å². The molecule has 2 aliphatic rings. The lowest BCUT2D eigenvalue weighted by atomic mass is 10.0. The molecule has 3 aromatic rings. The highest BCUT2D eigenvalue weighted by Gasteiger charge is 2.36. The van der Waals surface area contributed by atoms with Gasteiger partial charge in [0.15, 0.2) is 0 Å². The molecule has 7 nitrogen and oxygen atoms in total. The molecule has 37 heavy (non-hydrogen) atoms. The Kier molecular flexibility index (Phi) is 7.34. The third-order valence-corrected chi connectivity index (χ3v) is 7.04. The minimum Gasteiger partial charge on any atom is -0.374 e. The quantitative estimate of drug-likeness (QED) is 0.578. The molecule has 3 heterocycles. The van der Waals surface area contributed by atoms with E-state index in [1.807, 2.05) is 49.4 Å². The fraction of sp³-hybridized carbons (Fsp3) is 0.357. The van der Waals surface area contributed by atoms with Crippen molar-refractivity contribution >= 4 is 6.03 Å². The second-order valence-corrected chi connectivity index (χ2v) is 9.62. The van der Waals surface area contributed by atoms with E-state index in [1.165, 1.54) is 0 Å². The minimum absolute atomic E-state index is 0.106. The molecule has 2 amide bonds. The molecule has 1 N–H and O–H groups in total. The maximum atomic E-state index is 14.5. The summed E-state index contributed by atoms with van der Waals surface area (Å²) in [5, 5.41) is 0. The number of carbonyl (C=O) groups excluding carboxylic acids is 1. The van der Waals surface area contributed by atoms with Gasteiger partial charge in [0.25, 0.3) is 5.56 Å². The molecule has 2 fully saturated rings. The molecule has 194 valence electrons. The number of ether oxygens (including phenoxy) is 1. The average Bonchev–Trinajstić information content (AvgIpc) is 2.92. The molecule has 0 unspecified atom stereocenters. The summed E-state index contributed by atoms with van der Waals surface area (Å²) in [6.07, 6.45) is -0.205. The Morgan fingerprint density at radius 3 is 2.51 bits per heavy atom. The van der Waals surface area contributed by atoms with Crippen LogP contribution in [-0.2, 0) is 11.3 Å². The van der Waals surface area contributed by atoms with Crippen LogP contribution >= 0.6 is 0 Å². The summed E-state index contributed by atoms with van der Waals surface area (Å²) < 4.78 is 34.1. The number of nitrogens with zero attached hydrogens (tertiary/aromatic N) is 3. The van der Waals surface area contributed by atoms with Crippen LogP contribution in [0.15, 0.2) is 65.5 Å². The molecule has 0 bridgehead atoms. The van der Waals surface area contributed by atoms with Crippen LogP contribution < -0.4 is 5.56 Å². The predicted octanol–water partition coefficient (Wildman–Crippen LogP) is 4.02. The number of morpholine rings is 1. The van der Waals surface area contributed by atoms with Crippen LogP contribution in [0.3, 0.4) is 0 Å². The Hall–Kier alpha value is -3.56. The number of piperazine rings is 1. The van der Waals surface area contributed by atoms with E-state index in [4.69, 9.17) is 4.74 Å². The SMILES string of the molecule is C[C@@H]1CN(C(=O)N2CCN(Cc3ccc(-c4ccccc4)[nH]c3=O)CC2)[C@H](c2cc(F)ccc2F)CO1. The Morgan fingerprint density at radius 1 is 1.03 bits per heavy atom. The standard InChI is InChI=1S/C28H30F2N4O3/c1-19-16-34(26(18-37-19)23-15-22(29)8-9-24(23)30)28(36)33-13-11-32(12-14-33)17-21-7-10-25(31-27(21)35)20-5-3-2-4-6-20/h2-10,15,19,26H,11-14,16-18H2,1H3,(H,31,35)/t19-,26+/m1/s1. The van der Waals surface area contributed by atoms with E-state index in [0.29, 0.717) is 44.8 Å². The van der Waals surface area contributed by atoms with Gasteiger partial charge in [-0.15, -0.1) is 0 Å².